The van der Waals surface area contributed by atoms with Crippen LogP contribution in [0.15, 0.2) is 36.4 Å². The predicted molar refractivity (Wildman–Crippen MR) is 146 cm³/mol. The van der Waals surface area contributed by atoms with Crippen molar-refractivity contribution in [1.29, 1.82) is 0 Å². The van der Waals surface area contributed by atoms with E-state index < -0.39 is 41.6 Å². The lowest BCUT2D eigenvalue weighted by Crippen LogP contribution is -2.30. The number of aliphatic hydroxyl groups is 2. The number of carbonyl (C=O) groups is 2. The zero-order valence-electron chi connectivity index (χ0n) is 23.3. The summed E-state index contributed by atoms with van der Waals surface area (Å²) in [4.78, 5) is 24.0. The SMILES string of the molecule is CC(C)(COCCCC=O)c1cc2cc(NC(=O)C3(c4ccc5c(c4)OC(F)(F)O5)CC3)c(F)cc2n1C[C@@H](O)CO. The maximum absolute atomic E-state index is 15.5. The number of hydrogen-bond acceptors (Lipinski definition) is 7. The van der Waals surface area contributed by atoms with Gasteiger partial charge in [0.2, 0.25) is 5.91 Å². The number of aliphatic hydroxyl groups excluding tert-OH is 2. The van der Waals surface area contributed by atoms with E-state index in [0.29, 0.717) is 48.8 Å². The fourth-order valence-electron chi connectivity index (χ4n) is 5.34. The van der Waals surface area contributed by atoms with Crippen LogP contribution in [0.1, 0.15) is 50.8 Å². The second-order valence-corrected chi connectivity index (χ2v) is 11.5. The highest BCUT2D eigenvalue weighted by molar-refractivity contribution is 6.03. The molecular weight excluding hydrogens is 557 g/mol. The molecule has 2 aliphatic rings. The highest BCUT2D eigenvalue weighted by atomic mass is 19.3. The summed E-state index contributed by atoms with van der Waals surface area (Å²) >= 11 is 0. The number of carbonyl (C=O) groups excluding carboxylic acids is 2. The number of amides is 1. The molecule has 0 bridgehead atoms. The van der Waals surface area contributed by atoms with Crippen LogP contribution in [0.3, 0.4) is 0 Å². The second kappa shape index (κ2) is 11.2. The Morgan fingerprint density at radius 2 is 1.93 bits per heavy atom. The summed E-state index contributed by atoms with van der Waals surface area (Å²) in [5.74, 6) is -1.48. The zero-order chi connectivity index (χ0) is 30.3. The molecule has 0 saturated heterocycles. The van der Waals surface area contributed by atoms with Crippen LogP contribution in [0.2, 0.25) is 0 Å². The largest absolute Gasteiger partial charge is 0.586 e. The summed E-state index contributed by atoms with van der Waals surface area (Å²) in [6, 6.07) is 8.80. The topological polar surface area (TPSA) is 119 Å². The fraction of sp³-hybridized carbons (Fsp3) is 0.467. The summed E-state index contributed by atoms with van der Waals surface area (Å²) in [5.41, 5.74) is -0.0330. The van der Waals surface area contributed by atoms with Gasteiger partial charge in [-0.05, 0) is 49.1 Å². The molecule has 3 aromatic rings. The number of fused-ring (bicyclic) bond motifs is 2. The summed E-state index contributed by atoms with van der Waals surface area (Å²) in [6.07, 6.45) is -2.18. The molecule has 2 heterocycles. The van der Waals surface area contributed by atoms with E-state index in [0.717, 1.165) is 12.0 Å². The molecular formula is C30H33F3N2O7. The van der Waals surface area contributed by atoms with Crippen LogP contribution in [0.25, 0.3) is 10.9 Å². The number of nitrogens with zero attached hydrogens (tertiary/aromatic N) is 1. The van der Waals surface area contributed by atoms with Gasteiger partial charge in [-0.1, -0.05) is 19.9 Å². The summed E-state index contributed by atoms with van der Waals surface area (Å²) in [5, 5.41) is 23.0. The Hall–Kier alpha value is -3.61. The number of anilines is 1. The number of hydrogen-bond donors (Lipinski definition) is 3. The Morgan fingerprint density at radius 3 is 2.62 bits per heavy atom. The van der Waals surface area contributed by atoms with E-state index in [-0.39, 0.29) is 30.3 Å². The molecule has 2 aromatic carbocycles. The minimum Gasteiger partial charge on any atom is -0.395 e. The smallest absolute Gasteiger partial charge is 0.395 e. The van der Waals surface area contributed by atoms with Gasteiger partial charge in [0.05, 0.1) is 42.5 Å². The molecule has 5 rings (SSSR count). The van der Waals surface area contributed by atoms with Crippen LogP contribution >= 0.6 is 0 Å². The molecule has 1 fully saturated rings. The van der Waals surface area contributed by atoms with Gasteiger partial charge in [-0.2, -0.15) is 0 Å². The van der Waals surface area contributed by atoms with Crippen molar-refractivity contribution in [1.82, 2.24) is 4.57 Å². The van der Waals surface area contributed by atoms with Crippen LogP contribution in [0.5, 0.6) is 11.5 Å². The normalized spacial score (nSPS) is 17.3. The van der Waals surface area contributed by atoms with Crippen LogP contribution in [-0.4, -0.2) is 59.2 Å². The third-order valence-electron chi connectivity index (χ3n) is 7.75. The fourth-order valence-corrected chi connectivity index (χ4v) is 5.34. The first-order valence-electron chi connectivity index (χ1n) is 13.7. The molecule has 1 atom stereocenters. The van der Waals surface area contributed by atoms with Crippen LogP contribution < -0.4 is 14.8 Å². The third-order valence-corrected chi connectivity index (χ3v) is 7.75. The molecule has 1 amide bonds. The van der Waals surface area contributed by atoms with Gasteiger partial charge in [-0.15, -0.1) is 8.78 Å². The third kappa shape index (κ3) is 5.83. The van der Waals surface area contributed by atoms with Crippen molar-refractivity contribution in [2.45, 2.75) is 69.3 Å². The lowest BCUT2D eigenvalue weighted by molar-refractivity contribution is -0.286. The van der Waals surface area contributed by atoms with Gasteiger partial charge in [0.1, 0.15) is 12.1 Å². The number of alkyl halides is 2. The molecule has 226 valence electrons. The molecule has 1 saturated carbocycles. The summed E-state index contributed by atoms with van der Waals surface area (Å²) in [6.45, 7) is 4.05. The van der Waals surface area contributed by atoms with Gasteiger partial charge >= 0.3 is 6.29 Å². The molecule has 9 nitrogen and oxygen atoms in total. The number of aldehydes is 1. The zero-order valence-corrected chi connectivity index (χ0v) is 23.3. The first-order valence-corrected chi connectivity index (χ1v) is 13.7. The number of halogens is 3. The van der Waals surface area contributed by atoms with E-state index in [9.17, 15) is 28.6 Å². The maximum Gasteiger partial charge on any atom is 0.586 e. The van der Waals surface area contributed by atoms with Crippen molar-refractivity contribution in [2.24, 2.45) is 0 Å². The molecule has 12 heteroatoms. The molecule has 42 heavy (non-hydrogen) atoms. The molecule has 3 N–H and O–H groups in total. The van der Waals surface area contributed by atoms with Crippen molar-refractivity contribution in [3.8, 4) is 11.5 Å². The Balaban J connectivity index is 1.42. The van der Waals surface area contributed by atoms with Crippen molar-refractivity contribution in [2.75, 3.05) is 25.1 Å². The van der Waals surface area contributed by atoms with E-state index in [4.69, 9.17) is 4.74 Å². The molecule has 0 unspecified atom stereocenters. The quantitative estimate of drug-likeness (QED) is 0.200. The Bertz CT molecular complexity index is 1500. The lowest BCUT2D eigenvalue weighted by Gasteiger charge is -2.27. The maximum atomic E-state index is 15.5. The standard InChI is InChI=1S/C30H33F3N2O7/c1-28(2,17-40-10-4-3-9-36)26-12-18-11-22(21(31)14-23(18)35(26)15-20(38)16-37)34-27(39)29(7-8-29)19-5-6-24-25(13-19)42-30(32,33)41-24/h5-6,9,11-14,20,37-38H,3-4,7-8,10,15-17H2,1-2H3,(H,34,39)/t20-/m1/s1. The number of rotatable bonds is 13. The predicted octanol–water partition coefficient (Wildman–Crippen LogP) is 4.40. The van der Waals surface area contributed by atoms with Gasteiger partial charge < -0.3 is 39.1 Å². The molecule has 1 aliphatic heterocycles. The summed E-state index contributed by atoms with van der Waals surface area (Å²) in [7, 11) is 0. The average Bonchev–Trinajstić information content (AvgIpc) is 3.59. The Morgan fingerprint density at radius 1 is 1.19 bits per heavy atom. The Labute approximate surface area is 240 Å². The van der Waals surface area contributed by atoms with Gasteiger partial charge in [0.25, 0.3) is 0 Å². The van der Waals surface area contributed by atoms with Gasteiger partial charge in [0.15, 0.2) is 11.5 Å². The number of unbranched alkanes of at least 4 members (excludes halogenated alkanes) is 1. The van der Waals surface area contributed by atoms with E-state index in [1.165, 1.54) is 30.3 Å². The van der Waals surface area contributed by atoms with E-state index in [2.05, 4.69) is 14.8 Å². The Kier molecular flexibility index (Phi) is 7.99. The van der Waals surface area contributed by atoms with Gasteiger partial charge in [-0.25, -0.2) is 4.39 Å². The van der Waals surface area contributed by atoms with E-state index >= 15 is 4.39 Å². The average molecular weight is 591 g/mol. The number of ether oxygens (including phenoxy) is 3. The molecule has 0 spiro atoms. The molecule has 0 radical (unpaired) electrons. The van der Waals surface area contributed by atoms with Crippen molar-refractivity contribution >= 4 is 28.8 Å². The highest BCUT2D eigenvalue weighted by Gasteiger charge is 2.53. The number of aromatic nitrogens is 1. The minimum atomic E-state index is -3.78. The van der Waals surface area contributed by atoms with Crippen LogP contribution in [0, 0.1) is 5.82 Å². The van der Waals surface area contributed by atoms with Crippen molar-refractivity contribution in [3.05, 3.63) is 53.5 Å². The monoisotopic (exact) mass is 590 g/mol. The van der Waals surface area contributed by atoms with Gasteiger partial charge in [0, 0.05) is 35.6 Å². The van der Waals surface area contributed by atoms with E-state index in [1.54, 1.807) is 4.57 Å². The summed E-state index contributed by atoms with van der Waals surface area (Å²) < 4.78 is 58.9. The highest BCUT2D eigenvalue weighted by Crippen LogP contribution is 2.52. The van der Waals surface area contributed by atoms with Crippen molar-refractivity contribution < 1.29 is 47.2 Å². The lowest BCUT2D eigenvalue weighted by atomic mass is 9.90. The molecule has 1 aromatic heterocycles. The van der Waals surface area contributed by atoms with Crippen LogP contribution in [-0.2, 0) is 31.7 Å². The van der Waals surface area contributed by atoms with Crippen molar-refractivity contribution in [3.63, 3.8) is 0 Å². The first-order chi connectivity index (χ1) is 19.9. The first kappa shape index (κ1) is 29.9. The number of nitrogens with one attached hydrogen (secondary N) is 1. The number of benzene rings is 2. The van der Waals surface area contributed by atoms with Gasteiger partial charge in [-0.3, -0.25) is 4.79 Å². The minimum absolute atomic E-state index is 0.00131. The van der Waals surface area contributed by atoms with Crippen LogP contribution in [0.4, 0.5) is 18.9 Å². The van der Waals surface area contributed by atoms with E-state index in [1.807, 2.05) is 19.9 Å². The second-order valence-electron chi connectivity index (χ2n) is 11.5. The molecule has 1 aliphatic carbocycles.